The molecule has 0 amide bonds. The molecule has 0 atom stereocenters. The summed E-state index contributed by atoms with van der Waals surface area (Å²) in [6.07, 6.45) is 0. The van der Waals surface area contributed by atoms with Crippen LogP contribution in [0.1, 0.15) is 33.4 Å². The van der Waals surface area contributed by atoms with E-state index in [0.29, 0.717) is 66.1 Å². The van der Waals surface area contributed by atoms with E-state index in [1.54, 1.807) is 0 Å². The van der Waals surface area contributed by atoms with Crippen molar-refractivity contribution in [3.05, 3.63) is 106 Å². The highest BCUT2D eigenvalue weighted by Crippen LogP contribution is 2.12. The number of benzene rings is 3. The van der Waals surface area contributed by atoms with Gasteiger partial charge < -0.3 is 23.7 Å². The standard InChI is InChI=1S/C28H32O5/c1-5-25-6-2-23(1)17-30-15-13-29-14-16-31-18-24-3-7-26(8-4-24)20-33-22-28-11-9-27(10-12-28)21-32-19-25/h1-12H,13-22H2. The van der Waals surface area contributed by atoms with Crippen LogP contribution in [0.25, 0.3) is 0 Å². The molecule has 0 aromatic heterocycles. The summed E-state index contributed by atoms with van der Waals surface area (Å²) in [7, 11) is 0. The Kier molecular flexibility index (Phi) is 9.47. The Morgan fingerprint density at radius 3 is 0.758 bits per heavy atom. The molecule has 6 bridgehead atoms. The largest absolute Gasteiger partial charge is 0.377 e. The molecule has 0 spiro atoms. The number of ether oxygens (including phenoxy) is 5. The van der Waals surface area contributed by atoms with Crippen molar-refractivity contribution >= 4 is 0 Å². The van der Waals surface area contributed by atoms with Crippen LogP contribution >= 0.6 is 0 Å². The molecule has 0 saturated carbocycles. The summed E-state index contributed by atoms with van der Waals surface area (Å²) < 4.78 is 28.8. The second-order valence-electron chi connectivity index (χ2n) is 8.15. The van der Waals surface area contributed by atoms with Crippen LogP contribution in [-0.4, -0.2) is 26.4 Å². The molecule has 0 unspecified atom stereocenters. The number of hydrogen-bond acceptors (Lipinski definition) is 5. The van der Waals surface area contributed by atoms with Crippen molar-refractivity contribution in [1.82, 2.24) is 0 Å². The van der Waals surface area contributed by atoms with Crippen LogP contribution in [0.4, 0.5) is 0 Å². The Balaban J connectivity index is 1.32. The summed E-state index contributed by atoms with van der Waals surface area (Å²) in [6, 6.07) is 25.1. The maximum Gasteiger partial charge on any atom is 0.0721 e. The monoisotopic (exact) mass is 448 g/mol. The number of fused-ring (bicyclic) bond motifs is 1. The summed E-state index contributed by atoms with van der Waals surface area (Å²) in [6.45, 7) is 5.74. The third-order valence-electron chi connectivity index (χ3n) is 5.43. The molecule has 0 radical (unpaired) electrons. The van der Waals surface area contributed by atoms with Gasteiger partial charge >= 0.3 is 0 Å². The maximum atomic E-state index is 5.89. The molecule has 3 aromatic carbocycles. The van der Waals surface area contributed by atoms with E-state index in [1.165, 1.54) is 0 Å². The number of hydrogen-bond donors (Lipinski definition) is 0. The summed E-state index contributed by atoms with van der Waals surface area (Å²) in [4.78, 5) is 0. The van der Waals surface area contributed by atoms with Crippen molar-refractivity contribution in [2.24, 2.45) is 0 Å². The first-order valence-corrected chi connectivity index (χ1v) is 11.5. The van der Waals surface area contributed by atoms with E-state index in [-0.39, 0.29) is 0 Å². The van der Waals surface area contributed by atoms with Crippen LogP contribution in [0.15, 0.2) is 72.8 Å². The molecule has 5 aliphatic heterocycles. The Bertz CT molecular complexity index is 857. The van der Waals surface area contributed by atoms with Crippen molar-refractivity contribution in [2.45, 2.75) is 39.6 Å². The first-order chi connectivity index (χ1) is 16.3. The smallest absolute Gasteiger partial charge is 0.0721 e. The maximum absolute atomic E-state index is 5.89. The average molecular weight is 449 g/mol. The fourth-order valence-electron chi connectivity index (χ4n) is 3.49. The van der Waals surface area contributed by atoms with E-state index in [2.05, 4.69) is 72.8 Å². The van der Waals surface area contributed by atoms with Crippen LogP contribution in [0.5, 0.6) is 0 Å². The lowest BCUT2D eigenvalue weighted by Crippen LogP contribution is -2.09. The van der Waals surface area contributed by atoms with Gasteiger partial charge in [-0.2, -0.15) is 0 Å². The summed E-state index contributed by atoms with van der Waals surface area (Å²) in [5.41, 5.74) is 6.89. The molecule has 0 N–H and O–H groups in total. The summed E-state index contributed by atoms with van der Waals surface area (Å²) in [5.74, 6) is 0. The van der Waals surface area contributed by atoms with Gasteiger partial charge in [0.2, 0.25) is 0 Å². The van der Waals surface area contributed by atoms with E-state index in [0.717, 1.165) is 33.4 Å². The van der Waals surface area contributed by atoms with Crippen LogP contribution in [0, 0.1) is 0 Å². The fourth-order valence-corrected chi connectivity index (χ4v) is 3.49. The lowest BCUT2D eigenvalue weighted by atomic mass is 10.1. The molecular formula is C28H32O5. The second-order valence-corrected chi connectivity index (χ2v) is 8.15. The van der Waals surface area contributed by atoms with E-state index in [9.17, 15) is 0 Å². The zero-order valence-corrected chi connectivity index (χ0v) is 19.0. The number of rotatable bonds is 0. The van der Waals surface area contributed by atoms with Crippen LogP contribution in [0.3, 0.4) is 0 Å². The molecule has 5 aliphatic rings. The van der Waals surface area contributed by atoms with Gasteiger partial charge in [0.05, 0.1) is 66.1 Å². The minimum atomic E-state index is 0.560. The van der Waals surface area contributed by atoms with Crippen LogP contribution < -0.4 is 0 Å². The van der Waals surface area contributed by atoms with Gasteiger partial charge in [0.1, 0.15) is 0 Å². The van der Waals surface area contributed by atoms with Crippen LogP contribution in [0.2, 0.25) is 0 Å². The molecular weight excluding hydrogens is 416 g/mol. The van der Waals surface area contributed by atoms with Crippen molar-refractivity contribution in [3.63, 3.8) is 0 Å². The third-order valence-corrected chi connectivity index (χ3v) is 5.43. The van der Waals surface area contributed by atoms with Crippen molar-refractivity contribution in [2.75, 3.05) is 26.4 Å². The van der Waals surface area contributed by atoms with Crippen molar-refractivity contribution < 1.29 is 23.7 Å². The Hall–Kier alpha value is -2.54. The highest BCUT2D eigenvalue weighted by molar-refractivity contribution is 5.24. The second kappa shape index (κ2) is 13.2. The lowest BCUT2D eigenvalue weighted by Gasteiger charge is -2.08. The van der Waals surface area contributed by atoms with E-state index in [4.69, 9.17) is 23.7 Å². The third kappa shape index (κ3) is 8.39. The van der Waals surface area contributed by atoms with Gasteiger partial charge in [0, 0.05) is 0 Å². The lowest BCUT2D eigenvalue weighted by molar-refractivity contribution is 0.00703. The molecule has 8 rings (SSSR count). The molecule has 5 nitrogen and oxygen atoms in total. The van der Waals surface area contributed by atoms with Gasteiger partial charge in [0.25, 0.3) is 0 Å². The highest BCUT2D eigenvalue weighted by atomic mass is 16.5. The Morgan fingerprint density at radius 2 is 0.485 bits per heavy atom. The fraction of sp³-hybridized carbons (Fsp3) is 0.357. The average Bonchev–Trinajstić information content (AvgIpc) is 2.85. The molecule has 0 aliphatic carbocycles. The molecule has 3 aromatic rings. The Morgan fingerprint density at radius 1 is 0.273 bits per heavy atom. The topological polar surface area (TPSA) is 46.2 Å². The SMILES string of the molecule is c1cc2ccc1COCCOCCOCc1ccc(cc1)COCc1ccc(cc1)COC2. The van der Waals surface area contributed by atoms with Gasteiger partial charge in [-0.15, -0.1) is 0 Å². The zero-order valence-electron chi connectivity index (χ0n) is 19.0. The van der Waals surface area contributed by atoms with Gasteiger partial charge in [-0.1, -0.05) is 72.8 Å². The van der Waals surface area contributed by atoms with E-state index < -0.39 is 0 Å². The quantitative estimate of drug-likeness (QED) is 0.474. The van der Waals surface area contributed by atoms with Crippen molar-refractivity contribution in [3.8, 4) is 0 Å². The van der Waals surface area contributed by atoms with E-state index in [1.807, 2.05) is 0 Å². The summed E-state index contributed by atoms with van der Waals surface area (Å²) in [5, 5.41) is 0. The minimum absolute atomic E-state index is 0.560. The van der Waals surface area contributed by atoms with Gasteiger partial charge in [-0.05, 0) is 33.4 Å². The molecule has 174 valence electrons. The van der Waals surface area contributed by atoms with Gasteiger partial charge in [0.15, 0.2) is 0 Å². The highest BCUT2D eigenvalue weighted by Gasteiger charge is 2.01. The predicted molar refractivity (Wildman–Crippen MR) is 126 cm³/mol. The summed E-state index contributed by atoms with van der Waals surface area (Å²) >= 11 is 0. The van der Waals surface area contributed by atoms with Gasteiger partial charge in [-0.3, -0.25) is 0 Å². The molecule has 0 fully saturated rings. The first-order valence-electron chi connectivity index (χ1n) is 11.5. The molecule has 5 heterocycles. The first kappa shape index (κ1) is 23.6. The van der Waals surface area contributed by atoms with Gasteiger partial charge in [-0.25, -0.2) is 0 Å². The normalized spacial score (nSPS) is 17.1. The predicted octanol–water partition coefficient (Wildman–Crippen LogP) is 5.18. The molecule has 0 saturated heterocycles. The van der Waals surface area contributed by atoms with Crippen molar-refractivity contribution in [1.29, 1.82) is 0 Å². The minimum Gasteiger partial charge on any atom is -0.377 e. The molecule has 5 heteroatoms. The zero-order chi connectivity index (χ0) is 22.6. The molecule has 33 heavy (non-hydrogen) atoms. The Labute approximate surface area is 196 Å². The van der Waals surface area contributed by atoms with E-state index >= 15 is 0 Å². The van der Waals surface area contributed by atoms with Crippen LogP contribution in [-0.2, 0) is 63.3 Å².